The molecule has 0 unspecified atom stereocenters. The number of hydrogen-bond donors (Lipinski definition) is 0. The van der Waals surface area contributed by atoms with Gasteiger partial charge in [-0.15, -0.1) is 0 Å². The van der Waals surface area contributed by atoms with E-state index in [0.29, 0.717) is 0 Å². The molecule has 7 nitrogen and oxygen atoms in total. The van der Waals surface area contributed by atoms with Crippen LogP contribution in [0.4, 0.5) is 0 Å². The Morgan fingerprint density at radius 3 is 1.00 bits per heavy atom. The molecule has 0 heterocycles. The lowest BCUT2D eigenvalue weighted by molar-refractivity contribution is 0.441. The Balaban J connectivity index is 6.29. The van der Waals surface area contributed by atoms with Gasteiger partial charge in [-0.2, -0.15) is 4.52 Å². The summed E-state index contributed by atoms with van der Waals surface area (Å²) in [7, 11) is 14.0. The quantitative estimate of drug-likeness (QED) is 0.698. The number of nitrogens with zero attached hydrogens (tertiary/aromatic N) is 6. The van der Waals surface area contributed by atoms with Gasteiger partial charge in [0.25, 0.3) is 0 Å². The van der Waals surface area contributed by atoms with Gasteiger partial charge in [0.1, 0.15) is 0 Å². The standard InChI is InChI=1S/C10H30N6OP2/c1-12(2)18(13(3)4,14(5)6)11-19(17,15(7)8)16(9)10/h1-10H3. The van der Waals surface area contributed by atoms with Crippen molar-refractivity contribution in [1.82, 2.24) is 23.4 Å². The van der Waals surface area contributed by atoms with Crippen molar-refractivity contribution in [1.29, 1.82) is 0 Å². The molecule has 0 N–H and O–H groups in total. The monoisotopic (exact) mass is 312 g/mol. The van der Waals surface area contributed by atoms with Gasteiger partial charge in [-0.1, -0.05) is 0 Å². The lowest BCUT2D eigenvalue weighted by Crippen LogP contribution is -2.32. The van der Waals surface area contributed by atoms with E-state index in [4.69, 9.17) is 4.52 Å². The summed E-state index contributed by atoms with van der Waals surface area (Å²) < 4.78 is 27.6. The lowest BCUT2D eigenvalue weighted by atomic mass is 11.2. The predicted molar refractivity (Wildman–Crippen MR) is 85.4 cm³/mol. The zero-order valence-electron chi connectivity index (χ0n) is 14.0. The average Bonchev–Trinajstić information content (AvgIpc) is 2.23. The highest BCUT2D eigenvalue weighted by molar-refractivity contribution is 7.70. The molecule has 0 atom stereocenters. The molecule has 0 fully saturated rings. The molecule has 0 aliphatic rings. The molecule has 0 saturated heterocycles. The zero-order valence-corrected chi connectivity index (χ0v) is 15.8. The maximum absolute atomic E-state index is 13.2. The summed E-state index contributed by atoms with van der Waals surface area (Å²) >= 11 is 0. The average molecular weight is 312 g/mol. The van der Waals surface area contributed by atoms with Crippen molar-refractivity contribution in [3.8, 4) is 0 Å². The molecular weight excluding hydrogens is 282 g/mol. The maximum Gasteiger partial charge on any atom is 0.330 e. The number of hydrogen-bond acceptors (Lipinski definition) is 1. The van der Waals surface area contributed by atoms with Crippen LogP contribution in [0.1, 0.15) is 0 Å². The van der Waals surface area contributed by atoms with E-state index in [0.717, 1.165) is 0 Å². The van der Waals surface area contributed by atoms with Crippen LogP contribution >= 0.6 is 15.1 Å². The Kier molecular flexibility index (Phi) is 6.90. The minimum atomic E-state index is -2.93. The SMILES string of the molecule is CN(C)P(=O)(N=P(N(C)C)(N(C)C)N(C)C)N(C)C. The third-order valence-corrected chi connectivity index (χ3v) is 10.1. The van der Waals surface area contributed by atoms with Crippen LogP contribution in [0.2, 0.25) is 0 Å². The van der Waals surface area contributed by atoms with E-state index in [1.165, 1.54) is 0 Å². The Morgan fingerprint density at radius 1 is 0.579 bits per heavy atom. The van der Waals surface area contributed by atoms with E-state index in [2.05, 4.69) is 14.0 Å². The van der Waals surface area contributed by atoms with Gasteiger partial charge in [-0.3, -0.25) is 18.6 Å². The predicted octanol–water partition coefficient (Wildman–Crippen LogP) is 1.85. The van der Waals surface area contributed by atoms with Crippen molar-refractivity contribution in [2.24, 2.45) is 4.52 Å². The Hall–Kier alpha value is 0.260. The summed E-state index contributed by atoms with van der Waals surface area (Å²) in [5.41, 5.74) is 0. The van der Waals surface area contributed by atoms with Crippen molar-refractivity contribution in [2.45, 2.75) is 0 Å². The molecule has 0 saturated carbocycles. The van der Waals surface area contributed by atoms with Gasteiger partial charge < -0.3 is 0 Å². The molecule has 116 valence electrons. The summed E-state index contributed by atoms with van der Waals surface area (Å²) in [6.07, 6.45) is 0. The third-order valence-electron chi connectivity index (χ3n) is 2.89. The molecule has 19 heavy (non-hydrogen) atoms. The molecule has 0 aromatic carbocycles. The van der Waals surface area contributed by atoms with E-state index in [9.17, 15) is 4.57 Å². The minimum absolute atomic E-state index is 1.71. The van der Waals surface area contributed by atoms with Crippen molar-refractivity contribution >= 4 is 15.1 Å². The highest BCUT2D eigenvalue weighted by atomic mass is 31.2. The van der Waals surface area contributed by atoms with Gasteiger partial charge in [0.05, 0.1) is 0 Å². The molecule has 0 aromatic heterocycles. The third kappa shape index (κ3) is 3.67. The first-order valence-electron chi connectivity index (χ1n) is 6.05. The van der Waals surface area contributed by atoms with Gasteiger partial charge in [-0.25, -0.2) is 9.34 Å². The van der Waals surface area contributed by atoms with Gasteiger partial charge in [-0.05, 0) is 70.5 Å². The highest BCUT2D eigenvalue weighted by Crippen LogP contribution is 2.66. The van der Waals surface area contributed by atoms with Gasteiger partial charge in [0.15, 0.2) is 7.51 Å². The van der Waals surface area contributed by atoms with Crippen molar-refractivity contribution in [3.05, 3.63) is 0 Å². The zero-order chi connectivity index (χ0) is 15.6. The van der Waals surface area contributed by atoms with Crippen LogP contribution in [0, 0.1) is 0 Å². The second-order valence-electron chi connectivity index (χ2n) is 5.38. The highest BCUT2D eigenvalue weighted by Gasteiger charge is 2.36. The summed E-state index contributed by atoms with van der Waals surface area (Å²) in [5.74, 6) is 0. The first-order chi connectivity index (χ1) is 8.42. The Labute approximate surface area is 118 Å². The molecule has 0 aromatic rings. The largest absolute Gasteiger partial charge is 0.330 e. The maximum atomic E-state index is 13.2. The lowest BCUT2D eigenvalue weighted by Gasteiger charge is -2.43. The smallest absolute Gasteiger partial charge is 0.262 e. The topological polar surface area (TPSA) is 45.6 Å². The fourth-order valence-electron chi connectivity index (χ4n) is 1.99. The van der Waals surface area contributed by atoms with Gasteiger partial charge in [0.2, 0.25) is 0 Å². The van der Waals surface area contributed by atoms with E-state index >= 15 is 0 Å². The molecule has 9 heteroatoms. The molecule has 0 aliphatic carbocycles. The van der Waals surface area contributed by atoms with Crippen LogP contribution in [0.5, 0.6) is 0 Å². The van der Waals surface area contributed by atoms with Crippen LogP contribution in [0.25, 0.3) is 0 Å². The van der Waals surface area contributed by atoms with E-state index in [-0.39, 0.29) is 0 Å². The molecular formula is C10H30N6OP2. The molecule has 0 aliphatic heterocycles. The van der Waals surface area contributed by atoms with Crippen LogP contribution in [-0.4, -0.2) is 93.8 Å². The summed E-state index contributed by atoms with van der Waals surface area (Å²) in [6, 6.07) is 0. The fraction of sp³-hybridized carbons (Fsp3) is 1.00. The molecule has 0 spiro atoms. The summed E-state index contributed by atoms with van der Waals surface area (Å²) in [5, 5.41) is 0. The molecule has 0 radical (unpaired) electrons. The van der Waals surface area contributed by atoms with Gasteiger partial charge >= 0.3 is 7.59 Å². The first kappa shape index (κ1) is 19.3. The Bertz CT molecular complexity index is 351. The van der Waals surface area contributed by atoms with Crippen LogP contribution in [0.15, 0.2) is 4.52 Å². The van der Waals surface area contributed by atoms with Crippen molar-refractivity contribution in [2.75, 3.05) is 70.5 Å². The summed E-state index contributed by atoms with van der Waals surface area (Å²) in [4.78, 5) is 0. The van der Waals surface area contributed by atoms with Crippen LogP contribution in [-0.2, 0) is 4.57 Å². The van der Waals surface area contributed by atoms with Gasteiger partial charge in [0, 0.05) is 0 Å². The minimum Gasteiger partial charge on any atom is -0.262 e. The second kappa shape index (κ2) is 6.81. The van der Waals surface area contributed by atoms with E-state index in [1.807, 2.05) is 42.3 Å². The van der Waals surface area contributed by atoms with E-state index < -0.39 is 15.1 Å². The number of rotatable bonds is 6. The molecule has 0 bridgehead atoms. The fourth-order valence-corrected chi connectivity index (χ4v) is 9.30. The van der Waals surface area contributed by atoms with Crippen LogP contribution < -0.4 is 0 Å². The summed E-state index contributed by atoms with van der Waals surface area (Å²) in [6.45, 7) is 0. The first-order valence-corrected chi connectivity index (χ1v) is 9.22. The Morgan fingerprint density at radius 2 is 0.842 bits per heavy atom. The molecule has 0 amide bonds. The van der Waals surface area contributed by atoms with E-state index in [1.54, 1.807) is 37.5 Å². The van der Waals surface area contributed by atoms with Crippen molar-refractivity contribution in [3.63, 3.8) is 0 Å². The van der Waals surface area contributed by atoms with Crippen LogP contribution in [0.3, 0.4) is 0 Å². The normalized spacial score (nSPS) is 14.3. The molecule has 0 rings (SSSR count). The van der Waals surface area contributed by atoms with Crippen molar-refractivity contribution < 1.29 is 4.57 Å². The second-order valence-corrected chi connectivity index (χ2v) is 12.2.